The normalized spacial score (nSPS) is 13.1. The molecule has 2 rings (SSSR count). The number of pyridine rings is 1. The van der Waals surface area contributed by atoms with Crippen molar-refractivity contribution in [2.24, 2.45) is 0 Å². The minimum atomic E-state index is -3.64. The lowest BCUT2D eigenvalue weighted by molar-refractivity contribution is 0.567. The Hall–Kier alpha value is -1.44. The Morgan fingerprint density at radius 1 is 1.30 bits per heavy atom. The minimum absolute atomic E-state index is 0.105. The zero-order valence-electron chi connectivity index (χ0n) is 10.7. The van der Waals surface area contributed by atoms with Gasteiger partial charge >= 0.3 is 0 Å². The number of hydrogen-bond donors (Lipinski definition) is 2. The van der Waals surface area contributed by atoms with Crippen LogP contribution in [0.2, 0.25) is 0 Å². The molecule has 0 aliphatic rings. The number of benzene rings is 1. The zero-order chi connectivity index (χ0) is 14.8. The van der Waals surface area contributed by atoms with Gasteiger partial charge in [0.25, 0.3) is 0 Å². The van der Waals surface area contributed by atoms with Crippen molar-refractivity contribution in [1.82, 2.24) is 9.71 Å². The lowest BCUT2D eigenvalue weighted by Gasteiger charge is -2.16. The molecule has 1 aromatic heterocycles. The number of sulfonamides is 1. The van der Waals surface area contributed by atoms with Crippen molar-refractivity contribution in [3.05, 3.63) is 52.8 Å². The SMILES string of the molecule is CC(NS(=O)(=O)c1cncc(Br)c1)c1ccccc1N. The number of nitrogens with one attached hydrogen (secondary N) is 1. The van der Waals surface area contributed by atoms with Gasteiger partial charge in [-0.2, -0.15) is 0 Å². The monoisotopic (exact) mass is 355 g/mol. The molecule has 0 aliphatic heterocycles. The maximum absolute atomic E-state index is 12.3. The van der Waals surface area contributed by atoms with Crippen LogP contribution in [0.15, 0.2) is 52.1 Å². The topological polar surface area (TPSA) is 85.1 Å². The maximum Gasteiger partial charge on any atom is 0.242 e. The quantitative estimate of drug-likeness (QED) is 0.825. The van der Waals surface area contributed by atoms with Crippen LogP contribution in [-0.2, 0) is 10.0 Å². The molecule has 1 atom stereocenters. The number of nitrogens with zero attached hydrogens (tertiary/aromatic N) is 1. The van der Waals surface area contributed by atoms with E-state index in [9.17, 15) is 8.42 Å². The molecule has 0 radical (unpaired) electrons. The summed E-state index contributed by atoms with van der Waals surface area (Å²) in [6.45, 7) is 1.74. The molecule has 1 heterocycles. The number of nitrogens with two attached hydrogens (primary N) is 1. The molecule has 106 valence electrons. The van der Waals surface area contributed by atoms with Gasteiger partial charge in [0.05, 0.1) is 0 Å². The highest BCUT2D eigenvalue weighted by atomic mass is 79.9. The first-order chi connectivity index (χ1) is 9.40. The highest BCUT2D eigenvalue weighted by Crippen LogP contribution is 2.22. The summed E-state index contributed by atoms with van der Waals surface area (Å²) in [6, 6.07) is 8.22. The van der Waals surface area contributed by atoms with Gasteiger partial charge in [0, 0.05) is 28.6 Å². The van der Waals surface area contributed by atoms with E-state index in [-0.39, 0.29) is 4.90 Å². The van der Waals surface area contributed by atoms with Gasteiger partial charge in [-0.15, -0.1) is 0 Å². The molecular formula is C13H14BrN3O2S. The fourth-order valence-electron chi connectivity index (χ4n) is 1.81. The third-order valence-electron chi connectivity index (χ3n) is 2.78. The van der Waals surface area contributed by atoms with E-state index in [4.69, 9.17) is 5.73 Å². The third kappa shape index (κ3) is 3.36. The Morgan fingerprint density at radius 3 is 2.65 bits per heavy atom. The van der Waals surface area contributed by atoms with Crippen LogP contribution in [0.25, 0.3) is 0 Å². The van der Waals surface area contributed by atoms with Crippen molar-refractivity contribution < 1.29 is 8.42 Å². The van der Waals surface area contributed by atoms with Crippen molar-refractivity contribution in [3.63, 3.8) is 0 Å². The summed E-state index contributed by atoms with van der Waals surface area (Å²) < 4.78 is 27.7. The van der Waals surface area contributed by atoms with E-state index in [1.807, 2.05) is 6.07 Å². The van der Waals surface area contributed by atoms with E-state index in [0.717, 1.165) is 5.56 Å². The van der Waals surface area contributed by atoms with E-state index >= 15 is 0 Å². The number of hydrogen-bond acceptors (Lipinski definition) is 4. The van der Waals surface area contributed by atoms with Crippen LogP contribution < -0.4 is 10.5 Å². The van der Waals surface area contributed by atoms with Crippen molar-refractivity contribution >= 4 is 31.6 Å². The Balaban J connectivity index is 2.27. The van der Waals surface area contributed by atoms with Gasteiger partial charge in [0.2, 0.25) is 10.0 Å². The van der Waals surface area contributed by atoms with Gasteiger partial charge in [-0.25, -0.2) is 13.1 Å². The smallest absolute Gasteiger partial charge is 0.242 e. The fraction of sp³-hybridized carbons (Fsp3) is 0.154. The van der Waals surface area contributed by atoms with Crippen LogP contribution in [0, 0.1) is 0 Å². The van der Waals surface area contributed by atoms with E-state index < -0.39 is 16.1 Å². The predicted octanol–water partition coefficient (Wildman–Crippen LogP) is 2.47. The zero-order valence-corrected chi connectivity index (χ0v) is 13.1. The van der Waals surface area contributed by atoms with E-state index in [2.05, 4.69) is 25.6 Å². The van der Waals surface area contributed by atoms with E-state index in [1.54, 1.807) is 25.1 Å². The molecule has 0 amide bonds. The summed E-state index contributed by atoms with van der Waals surface area (Å²) >= 11 is 3.20. The first kappa shape index (κ1) is 15.0. The van der Waals surface area contributed by atoms with Crippen LogP contribution in [0.3, 0.4) is 0 Å². The van der Waals surface area contributed by atoms with E-state index in [1.165, 1.54) is 18.5 Å². The van der Waals surface area contributed by atoms with Crippen molar-refractivity contribution in [2.75, 3.05) is 5.73 Å². The molecule has 1 aromatic carbocycles. The standard InChI is InChI=1S/C13H14BrN3O2S/c1-9(12-4-2-3-5-13(12)15)17-20(18,19)11-6-10(14)7-16-8-11/h2-9,17H,15H2,1H3. The number of aromatic nitrogens is 1. The number of para-hydroxylation sites is 1. The average molecular weight is 356 g/mol. The van der Waals surface area contributed by atoms with Gasteiger partial charge < -0.3 is 5.73 Å². The molecule has 0 aliphatic carbocycles. The molecule has 0 spiro atoms. The Kier molecular flexibility index (Phi) is 4.42. The molecule has 0 saturated carbocycles. The van der Waals surface area contributed by atoms with Gasteiger partial charge in [0.15, 0.2) is 0 Å². The molecule has 0 bridgehead atoms. The second kappa shape index (κ2) is 5.90. The number of rotatable bonds is 4. The van der Waals surface area contributed by atoms with Crippen LogP contribution in [0.5, 0.6) is 0 Å². The third-order valence-corrected chi connectivity index (χ3v) is 4.73. The van der Waals surface area contributed by atoms with Crippen LogP contribution in [-0.4, -0.2) is 13.4 Å². The molecule has 7 heteroatoms. The van der Waals surface area contributed by atoms with Gasteiger partial charge in [-0.3, -0.25) is 4.98 Å². The summed E-state index contributed by atoms with van der Waals surface area (Å²) in [5.74, 6) is 0. The largest absolute Gasteiger partial charge is 0.398 e. The molecule has 5 nitrogen and oxygen atoms in total. The van der Waals surface area contributed by atoms with Crippen LogP contribution >= 0.6 is 15.9 Å². The Labute approximate surface area is 126 Å². The van der Waals surface area contributed by atoms with Crippen LogP contribution in [0.1, 0.15) is 18.5 Å². The Morgan fingerprint density at radius 2 is 2.00 bits per heavy atom. The molecule has 1 unspecified atom stereocenters. The van der Waals surface area contributed by atoms with Gasteiger partial charge in [-0.05, 0) is 40.5 Å². The second-order valence-corrected chi connectivity index (χ2v) is 6.94. The number of nitrogen functional groups attached to an aromatic ring is 1. The minimum Gasteiger partial charge on any atom is -0.398 e. The maximum atomic E-state index is 12.3. The van der Waals surface area contributed by atoms with Crippen LogP contribution in [0.4, 0.5) is 5.69 Å². The molecule has 20 heavy (non-hydrogen) atoms. The van der Waals surface area contributed by atoms with Crippen molar-refractivity contribution in [3.8, 4) is 0 Å². The van der Waals surface area contributed by atoms with Crippen molar-refractivity contribution in [1.29, 1.82) is 0 Å². The number of halogens is 1. The summed E-state index contributed by atoms with van der Waals surface area (Å²) in [5.41, 5.74) is 7.13. The average Bonchev–Trinajstić information content (AvgIpc) is 2.38. The summed E-state index contributed by atoms with van der Waals surface area (Å²) in [7, 11) is -3.64. The molecule has 0 saturated heterocycles. The van der Waals surface area contributed by atoms with Gasteiger partial charge in [-0.1, -0.05) is 18.2 Å². The Bertz CT molecular complexity index is 719. The molecule has 2 aromatic rings. The molecule has 3 N–H and O–H groups in total. The number of anilines is 1. The lowest BCUT2D eigenvalue weighted by Crippen LogP contribution is -2.27. The molecule has 0 fully saturated rings. The lowest BCUT2D eigenvalue weighted by atomic mass is 10.1. The molecular weight excluding hydrogens is 342 g/mol. The summed E-state index contributed by atoms with van der Waals surface area (Å²) in [6.07, 6.45) is 2.83. The highest BCUT2D eigenvalue weighted by molar-refractivity contribution is 9.10. The predicted molar refractivity (Wildman–Crippen MR) is 81.5 cm³/mol. The first-order valence-corrected chi connectivity index (χ1v) is 8.15. The first-order valence-electron chi connectivity index (χ1n) is 5.87. The summed E-state index contributed by atoms with van der Waals surface area (Å²) in [5, 5.41) is 0. The summed E-state index contributed by atoms with van der Waals surface area (Å²) in [4.78, 5) is 3.96. The highest BCUT2D eigenvalue weighted by Gasteiger charge is 2.20. The van der Waals surface area contributed by atoms with Gasteiger partial charge in [0.1, 0.15) is 4.90 Å². The van der Waals surface area contributed by atoms with E-state index in [0.29, 0.717) is 10.2 Å². The van der Waals surface area contributed by atoms with Crippen molar-refractivity contribution in [2.45, 2.75) is 17.9 Å². The fourth-order valence-corrected chi connectivity index (χ4v) is 3.54. The second-order valence-electron chi connectivity index (χ2n) is 4.31.